The number of imide groups is 1. The number of fused-ring (bicyclic) bond motifs is 1. The van der Waals surface area contributed by atoms with E-state index in [0.29, 0.717) is 5.56 Å². The molecule has 0 aromatic heterocycles. The summed E-state index contributed by atoms with van der Waals surface area (Å²) in [5, 5.41) is 0.260. The summed E-state index contributed by atoms with van der Waals surface area (Å²) in [5.41, 5.74) is 2.50. The van der Waals surface area contributed by atoms with Gasteiger partial charge in [-0.2, -0.15) is 0 Å². The highest BCUT2D eigenvalue weighted by Gasteiger charge is 2.44. The number of hydrogen-bond donors (Lipinski definition) is 0. The van der Waals surface area contributed by atoms with Crippen LogP contribution in [0.3, 0.4) is 0 Å². The number of rotatable bonds is 8. The number of halogens is 2. The van der Waals surface area contributed by atoms with Crippen molar-refractivity contribution in [1.29, 1.82) is 0 Å². The van der Waals surface area contributed by atoms with Crippen molar-refractivity contribution < 1.29 is 23.9 Å². The third kappa shape index (κ3) is 5.20. The average Bonchev–Trinajstić information content (AvgIpc) is 3.10. The highest BCUT2D eigenvalue weighted by Crippen LogP contribution is 2.33. The first kappa shape index (κ1) is 25.6. The Bertz CT molecular complexity index is 1300. The maximum absolute atomic E-state index is 13.0. The van der Waals surface area contributed by atoms with Crippen molar-refractivity contribution in [2.45, 2.75) is 26.3 Å². The monoisotopic (exact) mass is 523 g/mol. The Hall–Kier alpha value is -3.48. The van der Waals surface area contributed by atoms with Gasteiger partial charge in [0.1, 0.15) is 6.04 Å². The third-order valence-electron chi connectivity index (χ3n) is 5.90. The molecular formula is C28H23Cl2NO5. The summed E-state index contributed by atoms with van der Waals surface area (Å²) in [6.45, 7) is 3.19. The third-order valence-corrected chi connectivity index (χ3v) is 6.62. The van der Waals surface area contributed by atoms with Crippen LogP contribution in [0.25, 0.3) is 11.1 Å². The lowest BCUT2D eigenvalue weighted by Gasteiger charge is -2.25. The summed E-state index contributed by atoms with van der Waals surface area (Å²) in [6, 6.07) is 18.1. The first-order valence-electron chi connectivity index (χ1n) is 11.4. The highest BCUT2D eigenvalue weighted by molar-refractivity contribution is 6.43. The van der Waals surface area contributed by atoms with Gasteiger partial charge in [-0.05, 0) is 35.6 Å². The Labute approximate surface area is 218 Å². The van der Waals surface area contributed by atoms with Gasteiger partial charge in [-0.1, -0.05) is 91.6 Å². The summed E-state index contributed by atoms with van der Waals surface area (Å²) in [5.74, 6) is -2.57. The van der Waals surface area contributed by atoms with Crippen molar-refractivity contribution in [1.82, 2.24) is 4.90 Å². The predicted octanol–water partition coefficient (Wildman–Crippen LogP) is 6.10. The zero-order valence-electron chi connectivity index (χ0n) is 19.7. The summed E-state index contributed by atoms with van der Waals surface area (Å²) in [7, 11) is 0. The molecule has 1 heterocycles. The van der Waals surface area contributed by atoms with Crippen LogP contribution in [0.15, 0.2) is 66.7 Å². The molecule has 36 heavy (non-hydrogen) atoms. The van der Waals surface area contributed by atoms with Gasteiger partial charge in [0.25, 0.3) is 11.8 Å². The molecule has 6 nitrogen and oxygen atoms in total. The zero-order valence-corrected chi connectivity index (χ0v) is 21.2. The van der Waals surface area contributed by atoms with Gasteiger partial charge in [0, 0.05) is 5.56 Å². The molecule has 1 atom stereocenters. The van der Waals surface area contributed by atoms with E-state index in [0.717, 1.165) is 16.0 Å². The van der Waals surface area contributed by atoms with Crippen molar-refractivity contribution in [2.24, 2.45) is 5.92 Å². The number of carbonyl (C=O) groups is 4. The van der Waals surface area contributed by atoms with E-state index in [9.17, 15) is 19.2 Å². The van der Waals surface area contributed by atoms with Gasteiger partial charge in [0.2, 0.25) is 0 Å². The fourth-order valence-electron chi connectivity index (χ4n) is 4.08. The van der Waals surface area contributed by atoms with Crippen LogP contribution in [0.1, 0.15) is 51.3 Å². The molecule has 0 fully saturated rings. The van der Waals surface area contributed by atoms with Crippen LogP contribution in [0.5, 0.6) is 0 Å². The van der Waals surface area contributed by atoms with Crippen LogP contribution in [0.2, 0.25) is 10.0 Å². The minimum absolute atomic E-state index is 0.0414. The number of Topliss-reactive ketones (excluding diaryl/α,β-unsaturated/α-hetero) is 1. The molecule has 184 valence electrons. The minimum atomic E-state index is -1.19. The van der Waals surface area contributed by atoms with Crippen LogP contribution in [0.4, 0.5) is 0 Å². The van der Waals surface area contributed by atoms with Gasteiger partial charge in [0.05, 0.1) is 21.2 Å². The molecule has 2 amide bonds. The molecule has 0 spiro atoms. The molecule has 0 N–H and O–H groups in total. The molecule has 1 aliphatic rings. The van der Waals surface area contributed by atoms with E-state index in [1.165, 1.54) is 12.1 Å². The number of benzene rings is 3. The molecule has 0 aliphatic carbocycles. The number of ether oxygens (including phenoxy) is 1. The van der Waals surface area contributed by atoms with Gasteiger partial charge >= 0.3 is 5.97 Å². The fraction of sp³-hybridized carbons (Fsp3) is 0.214. The number of amides is 2. The van der Waals surface area contributed by atoms with Gasteiger partial charge in [-0.15, -0.1) is 0 Å². The lowest BCUT2D eigenvalue weighted by Crippen LogP contribution is -2.46. The van der Waals surface area contributed by atoms with Crippen molar-refractivity contribution in [3.8, 4) is 11.1 Å². The van der Waals surface area contributed by atoms with Gasteiger partial charge in [-0.3, -0.25) is 19.3 Å². The molecule has 8 heteroatoms. The van der Waals surface area contributed by atoms with Crippen molar-refractivity contribution >= 4 is 46.8 Å². The van der Waals surface area contributed by atoms with Gasteiger partial charge < -0.3 is 4.74 Å². The Kier molecular flexibility index (Phi) is 7.57. The van der Waals surface area contributed by atoms with Crippen molar-refractivity contribution in [2.75, 3.05) is 6.61 Å². The maximum atomic E-state index is 13.0. The molecular weight excluding hydrogens is 501 g/mol. The SMILES string of the molecule is CC(C)CC(C(=O)OCC(=O)c1ccc(-c2ccccc2)cc1)N1C(=O)c2cc(Cl)c(Cl)cc2C1=O. The second-order valence-electron chi connectivity index (χ2n) is 8.91. The Balaban J connectivity index is 1.48. The molecule has 0 radical (unpaired) electrons. The number of ketones is 1. The van der Waals surface area contributed by atoms with E-state index < -0.39 is 36.2 Å². The lowest BCUT2D eigenvalue weighted by atomic mass is 10.0. The smallest absolute Gasteiger partial charge is 0.329 e. The zero-order chi connectivity index (χ0) is 26.0. The topological polar surface area (TPSA) is 80.8 Å². The Morgan fingerprint density at radius 1 is 0.833 bits per heavy atom. The summed E-state index contributed by atoms with van der Waals surface area (Å²) >= 11 is 12.0. The lowest BCUT2D eigenvalue weighted by molar-refractivity contribution is -0.147. The standard InChI is InChI=1S/C28H23Cl2NO5/c1-16(2)12-24(31-26(33)20-13-22(29)23(30)14-21(20)27(31)34)28(35)36-15-25(32)19-10-8-18(9-11-19)17-6-4-3-5-7-17/h3-11,13-14,16,24H,12,15H2,1-2H3. The highest BCUT2D eigenvalue weighted by atomic mass is 35.5. The summed E-state index contributed by atoms with van der Waals surface area (Å²) in [4.78, 5) is 52.7. The number of esters is 1. The second-order valence-corrected chi connectivity index (χ2v) is 9.73. The van der Waals surface area contributed by atoms with E-state index in [4.69, 9.17) is 27.9 Å². The van der Waals surface area contributed by atoms with E-state index >= 15 is 0 Å². The van der Waals surface area contributed by atoms with Crippen LogP contribution < -0.4 is 0 Å². The van der Waals surface area contributed by atoms with E-state index in [-0.39, 0.29) is 33.5 Å². The fourth-order valence-corrected chi connectivity index (χ4v) is 4.41. The maximum Gasteiger partial charge on any atom is 0.329 e. The van der Waals surface area contributed by atoms with Crippen LogP contribution in [0, 0.1) is 5.92 Å². The quantitative estimate of drug-likeness (QED) is 0.202. The van der Waals surface area contributed by atoms with Crippen LogP contribution in [-0.4, -0.2) is 41.1 Å². The van der Waals surface area contributed by atoms with Gasteiger partial charge in [-0.25, -0.2) is 4.79 Å². The van der Waals surface area contributed by atoms with E-state index in [2.05, 4.69) is 0 Å². The molecule has 0 saturated carbocycles. The number of nitrogens with zero attached hydrogens (tertiary/aromatic N) is 1. The number of carbonyl (C=O) groups excluding carboxylic acids is 4. The summed E-state index contributed by atoms with van der Waals surface area (Å²) in [6.07, 6.45) is 0.172. The first-order chi connectivity index (χ1) is 17.2. The van der Waals surface area contributed by atoms with Crippen LogP contribution in [-0.2, 0) is 9.53 Å². The average molecular weight is 524 g/mol. The van der Waals surface area contributed by atoms with Crippen molar-refractivity contribution in [3.05, 3.63) is 93.5 Å². The molecule has 3 aromatic carbocycles. The van der Waals surface area contributed by atoms with Gasteiger partial charge in [0.15, 0.2) is 12.4 Å². The molecule has 1 unspecified atom stereocenters. The van der Waals surface area contributed by atoms with E-state index in [1.54, 1.807) is 12.1 Å². The summed E-state index contributed by atoms with van der Waals surface area (Å²) < 4.78 is 5.30. The number of hydrogen-bond acceptors (Lipinski definition) is 5. The first-order valence-corrected chi connectivity index (χ1v) is 12.1. The minimum Gasteiger partial charge on any atom is -0.456 e. The normalized spacial score (nSPS) is 13.6. The largest absolute Gasteiger partial charge is 0.456 e. The molecule has 0 saturated heterocycles. The second kappa shape index (κ2) is 10.6. The molecule has 0 bridgehead atoms. The Morgan fingerprint density at radius 2 is 1.36 bits per heavy atom. The molecule has 3 aromatic rings. The molecule has 4 rings (SSSR count). The van der Waals surface area contributed by atoms with Crippen molar-refractivity contribution in [3.63, 3.8) is 0 Å². The molecule has 1 aliphatic heterocycles. The Morgan fingerprint density at radius 3 is 1.89 bits per heavy atom. The predicted molar refractivity (Wildman–Crippen MR) is 137 cm³/mol. The van der Waals surface area contributed by atoms with E-state index in [1.807, 2.05) is 56.3 Å². The van der Waals surface area contributed by atoms with Crippen LogP contribution >= 0.6 is 23.2 Å².